The molecule has 2 saturated carbocycles. The number of anilines is 3. The van der Waals surface area contributed by atoms with E-state index in [1.165, 1.54) is 25.5 Å². The summed E-state index contributed by atoms with van der Waals surface area (Å²) in [6.07, 6.45) is 8.31. The van der Waals surface area contributed by atoms with E-state index in [1.54, 1.807) is 23.8 Å². The number of hydrogen-bond donors (Lipinski definition) is 3. The number of fused-ring (bicyclic) bond motifs is 1. The lowest BCUT2D eigenvalue weighted by molar-refractivity contribution is 0.0949. The summed E-state index contributed by atoms with van der Waals surface area (Å²) in [5.74, 6) is 1.29. The third-order valence-electron chi connectivity index (χ3n) is 5.87. The van der Waals surface area contributed by atoms with Crippen LogP contribution in [0.2, 0.25) is 0 Å². The van der Waals surface area contributed by atoms with Crippen LogP contribution in [0.25, 0.3) is 5.65 Å². The molecule has 2 atom stereocenters. The first-order chi connectivity index (χ1) is 15.6. The molecule has 3 aromatic heterocycles. The van der Waals surface area contributed by atoms with Gasteiger partial charge < -0.3 is 20.7 Å². The third kappa shape index (κ3) is 4.17. The van der Waals surface area contributed by atoms with E-state index in [4.69, 9.17) is 4.74 Å². The largest absolute Gasteiger partial charge is 0.473 e. The van der Waals surface area contributed by atoms with Gasteiger partial charge in [0.05, 0.1) is 12.2 Å². The van der Waals surface area contributed by atoms with Crippen LogP contribution in [-0.2, 0) is 0 Å². The molecule has 0 saturated heterocycles. The zero-order chi connectivity index (χ0) is 22.1. The number of halogens is 1. The quantitative estimate of drug-likeness (QED) is 0.518. The highest BCUT2D eigenvalue weighted by atomic mass is 19.1. The van der Waals surface area contributed by atoms with Gasteiger partial charge in [-0.25, -0.2) is 14.4 Å². The smallest absolute Gasteiger partial charge is 0.257 e. The maximum Gasteiger partial charge on any atom is 0.257 e. The lowest BCUT2D eigenvalue weighted by atomic mass is 9.98. The maximum atomic E-state index is 13.2. The molecular formula is C22H26FN7O2. The van der Waals surface area contributed by atoms with Crippen molar-refractivity contribution in [3.05, 3.63) is 36.2 Å². The number of rotatable bonds is 7. The van der Waals surface area contributed by atoms with Crippen molar-refractivity contribution in [3.63, 3.8) is 0 Å². The van der Waals surface area contributed by atoms with Crippen LogP contribution in [0.15, 0.2) is 30.6 Å². The van der Waals surface area contributed by atoms with E-state index in [9.17, 15) is 9.18 Å². The number of nitrogens with zero attached hydrogens (tertiary/aromatic N) is 4. The van der Waals surface area contributed by atoms with E-state index >= 15 is 0 Å². The molecule has 168 valence electrons. The van der Waals surface area contributed by atoms with Crippen LogP contribution in [0.4, 0.5) is 21.7 Å². The van der Waals surface area contributed by atoms with Crippen molar-refractivity contribution in [3.8, 4) is 5.88 Å². The molecule has 0 unspecified atom stereocenters. The van der Waals surface area contributed by atoms with Crippen molar-refractivity contribution >= 4 is 28.9 Å². The number of nitrogens with one attached hydrogen (secondary N) is 3. The molecule has 2 fully saturated rings. The number of ether oxygens (including phenoxy) is 1. The van der Waals surface area contributed by atoms with Gasteiger partial charge in [-0.1, -0.05) is 6.42 Å². The van der Waals surface area contributed by atoms with Gasteiger partial charge in [-0.3, -0.25) is 4.79 Å². The molecular weight excluding hydrogens is 413 g/mol. The Hall–Kier alpha value is -3.43. The highest BCUT2D eigenvalue weighted by Gasteiger charge is 2.39. The highest BCUT2D eigenvalue weighted by molar-refractivity contribution is 6.00. The first-order valence-corrected chi connectivity index (χ1v) is 11.0. The molecule has 2 aliphatic carbocycles. The molecule has 3 heterocycles. The molecule has 2 aliphatic rings. The predicted molar refractivity (Wildman–Crippen MR) is 118 cm³/mol. The second kappa shape index (κ2) is 8.60. The topological polar surface area (TPSA) is 105 Å². The van der Waals surface area contributed by atoms with Crippen LogP contribution in [0, 0.1) is 0 Å². The van der Waals surface area contributed by atoms with Gasteiger partial charge in [0.2, 0.25) is 5.88 Å². The van der Waals surface area contributed by atoms with Crippen LogP contribution in [0.1, 0.15) is 48.9 Å². The molecule has 0 spiro atoms. The molecule has 1 amide bonds. The van der Waals surface area contributed by atoms with Gasteiger partial charge in [-0.15, -0.1) is 0 Å². The third-order valence-corrected chi connectivity index (χ3v) is 5.87. The molecule has 0 bridgehead atoms. The average Bonchev–Trinajstić information content (AvgIpc) is 3.32. The van der Waals surface area contributed by atoms with Gasteiger partial charge in [-0.2, -0.15) is 9.61 Å². The summed E-state index contributed by atoms with van der Waals surface area (Å²) in [5, 5.41) is 13.3. The number of amides is 1. The van der Waals surface area contributed by atoms with Gasteiger partial charge in [-0.05, 0) is 37.8 Å². The molecule has 5 rings (SSSR count). The van der Waals surface area contributed by atoms with Crippen LogP contribution >= 0.6 is 0 Å². The Balaban J connectivity index is 1.43. The summed E-state index contributed by atoms with van der Waals surface area (Å²) in [6.45, 7) is 0. The molecule has 32 heavy (non-hydrogen) atoms. The summed E-state index contributed by atoms with van der Waals surface area (Å²) in [7, 11) is 1.76. The summed E-state index contributed by atoms with van der Waals surface area (Å²) in [5.41, 5.74) is 1.35. The number of aromatic nitrogens is 4. The number of carbonyl (C=O) groups excluding carboxylic acids is 1. The Labute approximate surface area is 184 Å². The van der Waals surface area contributed by atoms with Gasteiger partial charge >= 0.3 is 0 Å². The van der Waals surface area contributed by atoms with Crippen molar-refractivity contribution in [1.29, 1.82) is 0 Å². The normalized spacial score (nSPS) is 20.7. The first-order valence-electron chi connectivity index (χ1n) is 11.0. The number of pyridine rings is 1. The molecule has 0 aromatic carbocycles. The summed E-state index contributed by atoms with van der Waals surface area (Å²) >= 11 is 0. The van der Waals surface area contributed by atoms with Gasteiger partial charge in [0, 0.05) is 25.7 Å². The van der Waals surface area contributed by atoms with Crippen molar-refractivity contribution in [2.75, 3.05) is 17.7 Å². The minimum atomic E-state index is -0.980. The summed E-state index contributed by atoms with van der Waals surface area (Å²) < 4.78 is 21.0. The van der Waals surface area contributed by atoms with Gasteiger partial charge in [0.15, 0.2) is 5.65 Å². The molecule has 3 aromatic rings. The summed E-state index contributed by atoms with van der Waals surface area (Å²) in [6, 6.07) is 5.07. The molecule has 10 heteroatoms. The van der Waals surface area contributed by atoms with Crippen molar-refractivity contribution in [2.45, 2.75) is 56.8 Å². The van der Waals surface area contributed by atoms with Gasteiger partial charge in [0.1, 0.15) is 35.2 Å². The first kappa shape index (κ1) is 20.5. The standard InChI is InChI=1S/C22H26FN7O2/c1-24-19-11-18(27-16-8-5-9-25-22(16)32-13-6-3-2-4-7-13)29-20-14(12-26-30(19)20)21(31)28-17-10-15(17)23/h5,8-9,11-13,15,17,24H,2-4,6-7,10H2,1H3,(H,27,29)(H,28,31)/t15-,17+/m1/s1. The van der Waals surface area contributed by atoms with E-state index in [0.717, 1.165) is 12.8 Å². The summed E-state index contributed by atoms with van der Waals surface area (Å²) in [4.78, 5) is 21.6. The Morgan fingerprint density at radius 2 is 2.09 bits per heavy atom. The monoisotopic (exact) mass is 439 g/mol. The molecule has 0 radical (unpaired) electrons. The highest BCUT2D eigenvalue weighted by Crippen LogP contribution is 2.30. The molecule has 0 aliphatic heterocycles. The maximum absolute atomic E-state index is 13.2. The van der Waals surface area contributed by atoms with E-state index in [1.807, 2.05) is 12.1 Å². The SMILES string of the molecule is CNc1cc(Nc2cccnc2OC2CCCCC2)nc2c(C(=O)N[C@H]3C[C@H]3F)cnn12. The minimum Gasteiger partial charge on any atom is -0.473 e. The molecule has 9 nitrogen and oxygen atoms in total. The lowest BCUT2D eigenvalue weighted by Gasteiger charge is -2.23. The Morgan fingerprint density at radius 1 is 1.28 bits per heavy atom. The zero-order valence-electron chi connectivity index (χ0n) is 17.8. The van der Waals surface area contributed by atoms with Crippen molar-refractivity contribution in [2.24, 2.45) is 0 Å². The van der Waals surface area contributed by atoms with Crippen molar-refractivity contribution < 1.29 is 13.9 Å². The number of carbonyl (C=O) groups is 1. The van der Waals surface area contributed by atoms with Crippen LogP contribution in [0.3, 0.4) is 0 Å². The van der Waals surface area contributed by atoms with Gasteiger partial charge in [0.25, 0.3) is 5.91 Å². The Bertz CT molecular complexity index is 1130. The fourth-order valence-corrected chi connectivity index (χ4v) is 3.98. The van der Waals surface area contributed by atoms with E-state index in [-0.39, 0.29) is 17.6 Å². The lowest BCUT2D eigenvalue weighted by Crippen LogP contribution is -2.27. The predicted octanol–water partition coefficient (Wildman–Crippen LogP) is 3.46. The van der Waals surface area contributed by atoms with E-state index < -0.39 is 12.2 Å². The fraction of sp³-hybridized carbons (Fsp3) is 0.455. The van der Waals surface area contributed by atoms with E-state index in [0.29, 0.717) is 35.3 Å². The Morgan fingerprint density at radius 3 is 2.84 bits per heavy atom. The van der Waals surface area contributed by atoms with Crippen LogP contribution < -0.4 is 20.7 Å². The Kier molecular flexibility index (Phi) is 5.50. The molecule has 3 N–H and O–H groups in total. The average molecular weight is 439 g/mol. The van der Waals surface area contributed by atoms with Crippen LogP contribution in [0.5, 0.6) is 5.88 Å². The zero-order valence-corrected chi connectivity index (χ0v) is 17.8. The second-order valence-corrected chi connectivity index (χ2v) is 8.26. The fourth-order valence-electron chi connectivity index (χ4n) is 3.98. The number of hydrogen-bond acceptors (Lipinski definition) is 7. The second-order valence-electron chi connectivity index (χ2n) is 8.26. The minimum absolute atomic E-state index is 0.161. The number of alkyl halides is 1. The van der Waals surface area contributed by atoms with Crippen LogP contribution in [-0.4, -0.2) is 50.9 Å². The van der Waals surface area contributed by atoms with E-state index in [2.05, 4.69) is 31.0 Å². The van der Waals surface area contributed by atoms with Crippen molar-refractivity contribution in [1.82, 2.24) is 24.9 Å².